The van der Waals surface area contributed by atoms with E-state index in [1.54, 1.807) is 4.90 Å². The van der Waals surface area contributed by atoms with Crippen molar-refractivity contribution in [2.24, 2.45) is 0 Å². The Morgan fingerprint density at radius 2 is 1.94 bits per heavy atom. The van der Waals surface area contributed by atoms with Crippen molar-refractivity contribution in [1.82, 2.24) is 10.2 Å². The molecular formula is C12H22N2O2. The summed E-state index contributed by atoms with van der Waals surface area (Å²) in [7, 11) is 0. The zero-order valence-corrected chi connectivity index (χ0v) is 10.7. The van der Waals surface area contributed by atoms with Gasteiger partial charge in [0.25, 0.3) is 0 Å². The summed E-state index contributed by atoms with van der Waals surface area (Å²) in [5.74, 6) is 0.0446. The fourth-order valence-electron chi connectivity index (χ4n) is 2.27. The van der Waals surface area contributed by atoms with E-state index in [-0.39, 0.29) is 17.9 Å². The highest BCUT2D eigenvalue weighted by Gasteiger charge is 2.46. The molecule has 2 amide bonds. The molecule has 1 aliphatic heterocycles. The van der Waals surface area contributed by atoms with Crippen LogP contribution in [0.25, 0.3) is 0 Å². The highest BCUT2D eigenvalue weighted by Crippen LogP contribution is 2.25. The Morgan fingerprint density at radius 1 is 1.31 bits per heavy atom. The summed E-state index contributed by atoms with van der Waals surface area (Å²) in [5, 5.41) is 2.84. The van der Waals surface area contributed by atoms with Crippen LogP contribution in [0, 0.1) is 0 Å². The smallest absolute Gasteiger partial charge is 0.246 e. The maximum absolute atomic E-state index is 12.2. The lowest BCUT2D eigenvalue weighted by Crippen LogP contribution is -2.69. The summed E-state index contributed by atoms with van der Waals surface area (Å²) in [6, 6.07) is -0.322. The molecule has 0 aromatic carbocycles. The van der Waals surface area contributed by atoms with Crippen molar-refractivity contribution in [3.8, 4) is 0 Å². The Morgan fingerprint density at radius 3 is 2.38 bits per heavy atom. The van der Waals surface area contributed by atoms with Crippen LogP contribution in [0.4, 0.5) is 0 Å². The minimum absolute atomic E-state index is 0.0186. The summed E-state index contributed by atoms with van der Waals surface area (Å²) < 4.78 is 0. The third kappa shape index (κ3) is 1.93. The van der Waals surface area contributed by atoms with Crippen LogP contribution < -0.4 is 5.32 Å². The molecule has 1 saturated heterocycles. The lowest BCUT2D eigenvalue weighted by molar-refractivity contribution is -0.156. The number of rotatable bonds is 4. The highest BCUT2D eigenvalue weighted by molar-refractivity contribution is 5.99. The Labute approximate surface area is 97.4 Å². The maximum atomic E-state index is 12.2. The SMILES string of the molecule is CCCC1NC(=O)C(C)(CC)N(CC)C1=O. The number of carbonyl (C=O) groups excluding carboxylic acids is 2. The molecule has 2 atom stereocenters. The van der Waals surface area contributed by atoms with Crippen LogP contribution >= 0.6 is 0 Å². The average Bonchev–Trinajstić information content (AvgIpc) is 2.27. The van der Waals surface area contributed by atoms with E-state index in [1.807, 2.05) is 27.7 Å². The first-order valence-electron chi connectivity index (χ1n) is 6.13. The van der Waals surface area contributed by atoms with Crippen molar-refractivity contribution in [1.29, 1.82) is 0 Å². The minimum Gasteiger partial charge on any atom is -0.342 e. The monoisotopic (exact) mass is 226 g/mol. The van der Waals surface area contributed by atoms with Gasteiger partial charge in [-0.15, -0.1) is 0 Å². The van der Waals surface area contributed by atoms with Gasteiger partial charge >= 0.3 is 0 Å². The van der Waals surface area contributed by atoms with Crippen LogP contribution in [-0.4, -0.2) is 34.8 Å². The number of hydrogen-bond donors (Lipinski definition) is 1. The summed E-state index contributed by atoms with van der Waals surface area (Å²) in [6.07, 6.45) is 2.27. The quantitative estimate of drug-likeness (QED) is 0.785. The van der Waals surface area contributed by atoms with Gasteiger partial charge in [0, 0.05) is 6.54 Å². The molecule has 0 aliphatic carbocycles. The zero-order chi connectivity index (χ0) is 12.3. The van der Waals surface area contributed by atoms with E-state index in [9.17, 15) is 9.59 Å². The largest absolute Gasteiger partial charge is 0.342 e. The molecule has 1 heterocycles. The Bertz CT molecular complexity index is 291. The highest BCUT2D eigenvalue weighted by atomic mass is 16.2. The number of carbonyl (C=O) groups is 2. The first-order valence-corrected chi connectivity index (χ1v) is 6.13. The van der Waals surface area contributed by atoms with Gasteiger partial charge in [0.1, 0.15) is 11.6 Å². The van der Waals surface area contributed by atoms with Crippen molar-refractivity contribution in [2.45, 2.75) is 58.5 Å². The average molecular weight is 226 g/mol. The van der Waals surface area contributed by atoms with Crippen molar-refractivity contribution in [3.05, 3.63) is 0 Å². The van der Waals surface area contributed by atoms with E-state index in [0.29, 0.717) is 13.0 Å². The first kappa shape index (κ1) is 13.0. The van der Waals surface area contributed by atoms with Gasteiger partial charge in [-0.05, 0) is 26.7 Å². The van der Waals surface area contributed by atoms with E-state index in [0.717, 1.165) is 12.8 Å². The number of amides is 2. The predicted molar refractivity (Wildman–Crippen MR) is 62.9 cm³/mol. The van der Waals surface area contributed by atoms with E-state index in [4.69, 9.17) is 0 Å². The second-order valence-corrected chi connectivity index (χ2v) is 4.52. The third-order valence-electron chi connectivity index (χ3n) is 3.54. The Balaban J connectivity index is 2.96. The molecule has 92 valence electrons. The van der Waals surface area contributed by atoms with Crippen LogP contribution in [0.2, 0.25) is 0 Å². The van der Waals surface area contributed by atoms with Crippen LogP contribution in [-0.2, 0) is 9.59 Å². The molecule has 0 aromatic rings. The molecule has 0 spiro atoms. The van der Waals surface area contributed by atoms with E-state index in [1.165, 1.54) is 0 Å². The molecule has 4 heteroatoms. The van der Waals surface area contributed by atoms with Crippen LogP contribution in [0.3, 0.4) is 0 Å². The second kappa shape index (κ2) is 4.85. The summed E-state index contributed by atoms with van der Waals surface area (Å²) in [6.45, 7) is 8.31. The molecule has 0 saturated carbocycles. The molecule has 2 unspecified atom stereocenters. The van der Waals surface area contributed by atoms with Crippen molar-refractivity contribution >= 4 is 11.8 Å². The molecule has 1 aliphatic rings. The van der Waals surface area contributed by atoms with Gasteiger partial charge in [-0.25, -0.2) is 0 Å². The lowest BCUT2D eigenvalue weighted by atomic mass is 9.90. The van der Waals surface area contributed by atoms with Crippen LogP contribution in [0.1, 0.15) is 47.0 Å². The van der Waals surface area contributed by atoms with Gasteiger partial charge < -0.3 is 10.2 Å². The Hall–Kier alpha value is -1.06. The molecule has 1 N–H and O–H groups in total. The number of nitrogens with one attached hydrogen (secondary N) is 1. The maximum Gasteiger partial charge on any atom is 0.246 e. The van der Waals surface area contributed by atoms with Crippen molar-refractivity contribution < 1.29 is 9.59 Å². The molecule has 4 nitrogen and oxygen atoms in total. The number of piperazine rings is 1. The zero-order valence-electron chi connectivity index (χ0n) is 10.7. The molecular weight excluding hydrogens is 204 g/mol. The van der Waals surface area contributed by atoms with Crippen molar-refractivity contribution in [3.63, 3.8) is 0 Å². The second-order valence-electron chi connectivity index (χ2n) is 4.52. The van der Waals surface area contributed by atoms with Gasteiger partial charge in [0.2, 0.25) is 11.8 Å². The predicted octanol–water partition coefficient (Wildman–Crippen LogP) is 1.30. The number of nitrogens with zero attached hydrogens (tertiary/aromatic N) is 1. The van der Waals surface area contributed by atoms with Crippen LogP contribution in [0.15, 0.2) is 0 Å². The fourth-order valence-corrected chi connectivity index (χ4v) is 2.27. The normalized spacial score (nSPS) is 30.5. The van der Waals surface area contributed by atoms with Gasteiger partial charge in [-0.3, -0.25) is 9.59 Å². The van der Waals surface area contributed by atoms with E-state index < -0.39 is 5.54 Å². The Kier molecular flexibility index (Phi) is 3.94. The fraction of sp³-hybridized carbons (Fsp3) is 0.833. The molecule has 0 radical (unpaired) electrons. The van der Waals surface area contributed by atoms with E-state index in [2.05, 4.69) is 5.32 Å². The van der Waals surface area contributed by atoms with Crippen molar-refractivity contribution in [2.75, 3.05) is 6.54 Å². The summed E-state index contributed by atoms with van der Waals surface area (Å²) in [5.41, 5.74) is -0.671. The molecule has 0 aromatic heterocycles. The molecule has 0 bridgehead atoms. The standard InChI is InChI=1S/C12H22N2O2/c1-5-8-9-10(15)14(7-3)12(4,6-2)11(16)13-9/h9H,5-8H2,1-4H3,(H,13,16). The van der Waals surface area contributed by atoms with Gasteiger partial charge in [0.05, 0.1) is 0 Å². The van der Waals surface area contributed by atoms with Crippen LogP contribution in [0.5, 0.6) is 0 Å². The van der Waals surface area contributed by atoms with E-state index >= 15 is 0 Å². The third-order valence-corrected chi connectivity index (χ3v) is 3.54. The summed E-state index contributed by atoms with van der Waals surface area (Å²) >= 11 is 0. The molecule has 16 heavy (non-hydrogen) atoms. The minimum atomic E-state index is -0.671. The van der Waals surface area contributed by atoms with Gasteiger partial charge in [-0.2, -0.15) is 0 Å². The molecule has 1 fully saturated rings. The topological polar surface area (TPSA) is 49.4 Å². The number of hydrogen-bond acceptors (Lipinski definition) is 2. The molecule has 1 rings (SSSR count). The first-order chi connectivity index (χ1) is 7.51. The van der Waals surface area contributed by atoms with Gasteiger partial charge in [-0.1, -0.05) is 20.3 Å². The summed E-state index contributed by atoms with van der Waals surface area (Å²) in [4.78, 5) is 25.9. The number of likely N-dealkylation sites (N-methyl/N-ethyl adjacent to an activating group) is 1. The van der Waals surface area contributed by atoms with Gasteiger partial charge in [0.15, 0.2) is 0 Å². The lowest BCUT2D eigenvalue weighted by Gasteiger charge is -2.45.